The quantitative estimate of drug-likeness (QED) is 0.612. The number of carbonyl (C=O) groups is 1. The van der Waals surface area contributed by atoms with Crippen LogP contribution in [-0.2, 0) is 6.61 Å². The zero-order valence-corrected chi connectivity index (χ0v) is 16.5. The van der Waals surface area contributed by atoms with Gasteiger partial charge in [0.05, 0.1) is 5.02 Å². The molecule has 0 radical (unpaired) electrons. The predicted molar refractivity (Wildman–Crippen MR) is 102 cm³/mol. The summed E-state index contributed by atoms with van der Waals surface area (Å²) in [4.78, 5) is 12.7. The van der Waals surface area contributed by atoms with Crippen molar-refractivity contribution in [3.05, 3.63) is 63.6 Å². The summed E-state index contributed by atoms with van der Waals surface area (Å²) in [6.45, 7) is -0.0498. The van der Waals surface area contributed by atoms with Crippen LogP contribution in [0.4, 0.5) is 17.6 Å². The first-order valence-electron chi connectivity index (χ1n) is 8.49. The van der Waals surface area contributed by atoms with E-state index in [-0.39, 0.29) is 17.2 Å². The van der Waals surface area contributed by atoms with Crippen LogP contribution in [0.15, 0.2) is 47.6 Å². The zero-order chi connectivity index (χ0) is 22.1. The lowest BCUT2D eigenvalue weighted by Gasteiger charge is -2.30. The standard InChI is InChI=1S/C19H14Cl2F4N2O3/c20-12-4-5-13(21)15(7-12)30-9-10-2-1-3-11(6-10)17(28)27-19(29,18(24)25)8-14(26-27)16(22)23/h1-7,16,18,29H,8-9H2/t19-/m1/s1. The summed E-state index contributed by atoms with van der Waals surface area (Å²) in [5, 5.41) is 14.1. The molecule has 2 aromatic carbocycles. The van der Waals surface area contributed by atoms with Crippen molar-refractivity contribution >= 4 is 34.8 Å². The summed E-state index contributed by atoms with van der Waals surface area (Å²) >= 11 is 11.9. The summed E-state index contributed by atoms with van der Waals surface area (Å²) in [6.07, 6.45) is -7.84. The largest absolute Gasteiger partial charge is 0.487 e. The molecule has 1 N–H and O–H groups in total. The number of halogens is 6. The van der Waals surface area contributed by atoms with Gasteiger partial charge in [0.2, 0.25) is 5.72 Å². The summed E-state index contributed by atoms with van der Waals surface area (Å²) in [6, 6.07) is 10.2. The fourth-order valence-electron chi connectivity index (χ4n) is 2.77. The Kier molecular flexibility index (Phi) is 6.54. The molecular weight excluding hydrogens is 451 g/mol. The Balaban J connectivity index is 1.82. The van der Waals surface area contributed by atoms with Crippen molar-refractivity contribution in [1.29, 1.82) is 0 Å². The summed E-state index contributed by atoms with van der Waals surface area (Å²) < 4.78 is 58.1. The molecule has 0 unspecified atom stereocenters. The van der Waals surface area contributed by atoms with Gasteiger partial charge in [0.1, 0.15) is 18.1 Å². The molecule has 0 aliphatic carbocycles. The first-order chi connectivity index (χ1) is 14.1. The van der Waals surface area contributed by atoms with E-state index in [0.717, 1.165) is 0 Å². The number of aliphatic hydroxyl groups is 1. The van der Waals surface area contributed by atoms with E-state index in [2.05, 4.69) is 5.10 Å². The smallest absolute Gasteiger partial charge is 0.287 e. The Labute approximate surface area is 178 Å². The summed E-state index contributed by atoms with van der Waals surface area (Å²) in [5.41, 5.74) is -3.84. The van der Waals surface area contributed by atoms with Crippen molar-refractivity contribution in [3.8, 4) is 5.75 Å². The van der Waals surface area contributed by atoms with Crippen molar-refractivity contribution in [1.82, 2.24) is 5.01 Å². The highest BCUT2D eigenvalue weighted by Crippen LogP contribution is 2.34. The number of hydrogen-bond acceptors (Lipinski definition) is 4. The average Bonchev–Trinajstić information content (AvgIpc) is 3.08. The third-order valence-corrected chi connectivity index (χ3v) is 4.84. The fourth-order valence-corrected chi connectivity index (χ4v) is 3.10. The van der Waals surface area contributed by atoms with Crippen LogP contribution in [0.25, 0.3) is 0 Å². The van der Waals surface area contributed by atoms with Crippen LogP contribution in [0.3, 0.4) is 0 Å². The number of alkyl halides is 4. The van der Waals surface area contributed by atoms with E-state index in [1.165, 1.54) is 30.3 Å². The van der Waals surface area contributed by atoms with Gasteiger partial charge in [-0.25, -0.2) is 17.6 Å². The molecule has 5 nitrogen and oxygen atoms in total. The van der Waals surface area contributed by atoms with Crippen molar-refractivity contribution < 1.29 is 32.2 Å². The van der Waals surface area contributed by atoms with E-state index in [1.54, 1.807) is 12.1 Å². The lowest BCUT2D eigenvalue weighted by molar-refractivity contribution is -0.164. The second-order valence-corrected chi connectivity index (χ2v) is 7.27. The maximum absolute atomic E-state index is 13.3. The lowest BCUT2D eigenvalue weighted by Crippen LogP contribution is -2.51. The first-order valence-corrected chi connectivity index (χ1v) is 9.25. The van der Waals surface area contributed by atoms with Crippen molar-refractivity contribution in [3.63, 3.8) is 0 Å². The molecule has 11 heteroatoms. The minimum absolute atomic E-state index is 0.00691. The fraction of sp³-hybridized carbons (Fsp3) is 0.263. The Hall–Kier alpha value is -2.36. The van der Waals surface area contributed by atoms with Crippen LogP contribution in [0.2, 0.25) is 10.0 Å². The Bertz CT molecular complexity index is 990. The Morgan fingerprint density at radius 1 is 1.20 bits per heavy atom. The van der Waals surface area contributed by atoms with E-state index in [9.17, 15) is 27.5 Å². The van der Waals surface area contributed by atoms with Gasteiger partial charge in [-0.1, -0.05) is 35.3 Å². The van der Waals surface area contributed by atoms with Gasteiger partial charge in [-0.05, 0) is 29.8 Å². The van der Waals surface area contributed by atoms with E-state index in [1.807, 2.05) is 0 Å². The molecule has 1 heterocycles. The molecule has 1 amide bonds. The zero-order valence-electron chi connectivity index (χ0n) is 15.0. The van der Waals surface area contributed by atoms with Crippen LogP contribution in [0.1, 0.15) is 22.3 Å². The van der Waals surface area contributed by atoms with Crippen molar-refractivity contribution in [2.75, 3.05) is 0 Å². The number of hydrazone groups is 1. The molecule has 0 spiro atoms. The highest BCUT2D eigenvalue weighted by atomic mass is 35.5. The van der Waals surface area contributed by atoms with Gasteiger partial charge in [-0.3, -0.25) is 4.79 Å². The Morgan fingerprint density at radius 2 is 1.93 bits per heavy atom. The van der Waals surface area contributed by atoms with E-state index in [0.29, 0.717) is 21.4 Å². The molecule has 1 aliphatic heterocycles. The van der Waals surface area contributed by atoms with Gasteiger partial charge in [-0.2, -0.15) is 10.1 Å². The van der Waals surface area contributed by atoms with Crippen molar-refractivity contribution in [2.45, 2.75) is 31.6 Å². The minimum Gasteiger partial charge on any atom is -0.487 e. The second-order valence-electron chi connectivity index (χ2n) is 6.43. The summed E-state index contributed by atoms with van der Waals surface area (Å²) in [5.74, 6) is -0.866. The van der Waals surface area contributed by atoms with Crippen LogP contribution < -0.4 is 4.74 Å². The van der Waals surface area contributed by atoms with Gasteiger partial charge in [0.15, 0.2) is 0 Å². The number of rotatable bonds is 6. The van der Waals surface area contributed by atoms with E-state index in [4.69, 9.17) is 27.9 Å². The maximum Gasteiger partial charge on any atom is 0.287 e. The molecule has 1 aliphatic rings. The minimum atomic E-state index is -3.50. The highest BCUT2D eigenvalue weighted by Gasteiger charge is 2.53. The SMILES string of the molecule is O=C(c1cccc(COc2cc(Cl)ccc2Cl)c1)N1N=C(C(F)F)C[C@@]1(O)C(F)F. The molecule has 3 rings (SSSR count). The van der Waals surface area contributed by atoms with E-state index >= 15 is 0 Å². The van der Waals surface area contributed by atoms with Gasteiger partial charge in [0, 0.05) is 23.1 Å². The predicted octanol–water partition coefficient (Wildman–Crippen LogP) is 4.99. The summed E-state index contributed by atoms with van der Waals surface area (Å²) in [7, 11) is 0. The topological polar surface area (TPSA) is 62.1 Å². The number of amides is 1. The van der Waals surface area contributed by atoms with Gasteiger partial charge >= 0.3 is 0 Å². The average molecular weight is 465 g/mol. The van der Waals surface area contributed by atoms with Gasteiger partial charge < -0.3 is 9.84 Å². The molecule has 0 fully saturated rings. The molecule has 0 saturated heterocycles. The normalized spacial score (nSPS) is 18.8. The molecule has 1 atom stereocenters. The van der Waals surface area contributed by atoms with Crippen LogP contribution in [-0.4, -0.2) is 40.3 Å². The number of benzene rings is 2. The molecule has 0 bridgehead atoms. The number of hydrogen-bond donors (Lipinski definition) is 1. The molecule has 160 valence electrons. The van der Waals surface area contributed by atoms with Crippen LogP contribution >= 0.6 is 23.2 Å². The molecular formula is C19H14Cl2F4N2O3. The van der Waals surface area contributed by atoms with Gasteiger partial charge in [0.25, 0.3) is 18.8 Å². The van der Waals surface area contributed by atoms with Gasteiger partial charge in [-0.15, -0.1) is 0 Å². The highest BCUT2D eigenvalue weighted by molar-refractivity contribution is 6.34. The van der Waals surface area contributed by atoms with E-state index < -0.39 is 36.6 Å². The third kappa shape index (κ3) is 4.53. The molecule has 2 aromatic rings. The monoisotopic (exact) mass is 464 g/mol. The molecule has 0 saturated carbocycles. The molecule has 0 aromatic heterocycles. The van der Waals surface area contributed by atoms with Crippen molar-refractivity contribution in [2.24, 2.45) is 5.10 Å². The second kappa shape index (κ2) is 8.79. The number of ether oxygens (including phenoxy) is 1. The maximum atomic E-state index is 13.3. The number of carbonyl (C=O) groups excluding carboxylic acids is 1. The lowest BCUT2D eigenvalue weighted by atomic mass is 10.1. The van der Waals surface area contributed by atoms with Crippen LogP contribution in [0, 0.1) is 0 Å². The first kappa shape index (κ1) is 22.3. The van der Waals surface area contributed by atoms with Crippen LogP contribution in [0.5, 0.6) is 5.75 Å². The Morgan fingerprint density at radius 3 is 2.60 bits per heavy atom. The third-order valence-electron chi connectivity index (χ3n) is 4.29. The number of nitrogens with zero attached hydrogens (tertiary/aromatic N) is 2. The molecule has 30 heavy (non-hydrogen) atoms.